The molecule has 3 rings (SSSR count). The Balaban J connectivity index is 2.51. The predicted molar refractivity (Wildman–Crippen MR) is 68.8 cm³/mol. The number of nitrogens with zero attached hydrogens (tertiary/aromatic N) is 1. The van der Waals surface area contributed by atoms with Crippen LogP contribution in [0, 0.1) is 0 Å². The van der Waals surface area contributed by atoms with Crippen LogP contribution in [0.3, 0.4) is 0 Å². The summed E-state index contributed by atoms with van der Waals surface area (Å²) in [5.41, 5.74) is -1.25. The van der Waals surface area contributed by atoms with Gasteiger partial charge >= 0.3 is 11.9 Å². The molecule has 0 bridgehead atoms. The van der Waals surface area contributed by atoms with Gasteiger partial charge < -0.3 is 9.30 Å². The summed E-state index contributed by atoms with van der Waals surface area (Å²) in [6, 6.07) is 6.34. The Morgan fingerprint density at radius 3 is 2.52 bits per heavy atom. The number of hydrogen-bond donors (Lipinski definition) is 0. The second-order valence-electron chi connectivity index (χ2n) is 4.56. The van der Waals surface area contributed by atoms with Crippen molar-refractivity contribution in [3.8, 4) is 5.75 Å². The van der Waals surface area contributed by atoms with Gasteiger partial charge in [0.2, 0.25) is 0 Å². The number of ketones is 1. The Bertz CT molecular complexity index is 854. The minimum Gasteiger partial charge on any atom is -0.420 e. The van der Waals surface area contributed by atoms with Crippen LogP contribution in [0.4, 0.5) is 8.78 Å². The third kappa shape index (κ3) is 1.63. The fourth-order valence-electron chi connectivity index (χ4n) is 2.40. The molecule has 2 heterocycles. The average molecular weight is 293 g/mol. The van der Waals surface area contributed by atoms with Gasteiger partial charge in [-0.1, -0.05) is 12.1 Å². The Labute approximate surface area is 116 Å². The van der Waals surface area contributed by atoms with Crippen molar-refractivity contribution < 1.29 is 23.1 Å². The van der Waals surface area contributed by atoms with E-state index in [0.717, 1.165) is 0 Å². The largest absolute Gasteiger partial charge is 0.420 e. The van der Waals surface area contributed by atoms with E-state index < -0.39 is 28.8 Å². The van der Waals surface area contributed by atoms with Crippen molar-refractivity contribution in [2.75, 3.05) is 0 Å². The molecule has 0 amide bonds. The fraction of sp³-hybridized carbons (Fsp3) is 0.214. The first-order chi connectivity index (χ1) is 9.89. The van der Waals surface area contributed by atoms with Gasteiger partial charge in [-0.05, 0) is 19.1 Å². The third-order valence-electron chi connectivity index (χ3n) is 3.41. The number of carbonyl (C=O) groups excluding carboxylic acids is 2. The summed E-state index contributed by atoms with van der Waals surface area (Å²) in [6.07, 6.45) is 0. The summed E-state index contributed by atoms with van der Waals surface area (Å²) in [5, 5.41) is 0.270. The van der Waals surface area contributed by atoms with Crippen LogP contribution in [-0.2, 0) is 11.3 Å². The van der Waals surface area contributed by atoms with Crippen molar-refractivity contribution in [2.45, 2.75) is 19.4 Å². The highest BCUT2D eigenvalue weighted by Crippen LogP contribution is 2.36. The van der Waals surface area contributed by atoms with Crippen LogP contribution in [0.2, 0.25) is 0 Å². The number of Topliss-reactive ketones (excluding diaryl/α,β-unsaturated/α-hetero) is 1. The number of benzene rings is 1. The Morgan fingerprint density at radius 2 is 1.86 bits per heavy atom. The number of halogens is 2. The zero-order valence-electron chi connectivity index (χ0n) is 10.9. The van der Waals surface area contributed by atoms with E-state index in [2.05, 4.69) is 4.74 Å². The zero-order chi connectivity index (χ0) is 15.4. The number of aryl methyl sites for hydroxylation is 1. The first kappa shape index (κ1) is 13.4. The topological polar surface area (TPSA) is 65.4 Å². The lowest BCUT2D eigenvalue weighted by molar-refractivity contribution is -0.156. The van der Waals surface area contributed by atoms with Crippen molar-refractivity contribution in [1.82, 2.24) is 4.57 Å². The molecule has 0 saturated carbocycles. The van der Waals surface area contributed by atoms with Gasteiger partial charge in [0.25, 0.3) is 11.3 Å². The van der Waals surface area contributed by atoms with Crippen molar-refractivity contribution in [2.24, 2.45) is 0 Å². The number of para-hydroxylation sites is 1. The van der Waals surface area contributed by atoms with Gasteiger partial charge in [0.05, 0.1) is 5.52 Å². The number of hydrogen-bond acceptors (Lipinski definition) is 4. The van der Waals surface area contributed by atoms with E-state index in [4.69, 9.17) is 0 Å². The van der Waals surface area contributed by atoms with Crippen molar-refractivity contribution in [1.29, 1.82) is 0 Å². The molecule has 1 aliphatic heterocycles. The van der Waals surface area contributed by atoms with Crippen LogP contribution in [0.5, 0.6) is 5.75 Å². The maximum Gasteiger partial charge on any atom is 0.405 e. The highest BCUT2D eigenvalue weighted by Gasteiger charge is 2.55. The van der Waals surface area contributed by atoms with Crippen LogP contribution in [0.15, 0.2) is 29.1 Å². The van der Waals surface area contributed by atoms with Gasteiger partial charge in [-0.2, -0.15) is 8.78 Å². The molecule has 5 nitrogen and oxygen atoms in total. The molecule has 1 aromatic carbocycles. The van der Waals surface area contributed by atoms with Crippen LogP contribution in [0.25, 0.3) is 10.9 Å². The van der Waals surface area contributed by atoms with Gasteiger partial charge in [0, 0.05) is 11.9 Å². The lowest BCUT2D eigenvalue weighted by Gasteiger charge is -2.23. The molecule has 0 atom stereocenters. The molecule has 0 saturated heterocycles. The SMILES string of the molecule is CCn1c(=O)c2c(c3ccccc31)OC(=O)C(F)(F)C2=O. The zero-order valence-corrected chi connectivity index (χ0v) is 10.9. The number of alkyl halides is 2. The van der Waals surface area contributed by atoms with E-state index in [9.17, 15) is 23.2 Å². The molecule has 0 radical (unpaired) electrons. The Kier molecular flexibility index (Phi) is 2.69. The lowest BCUT2D eigenvalue weighted by Crippen LogP contribution is -2.48. The molecule has 1 aliphatic rings. The summed E-state index contributed by atoms with van der Waals surface area (Å²) in [4.78, 5) is 35.4. The smallest absolute Gasteiger partial charge is 0.405 e. The molecule has 0 N–H and O–H groups in total. The number of esters is 1. The van der Waals surface area contributed by atoms with E-state index in [-0.39, 0.29) is 17.7 Å². The number of aromatic nitrogens is 1. The van der Waals surface area contributed by atoms with Gasteiger partial charge in [-0.25, -0.2) is 4.79 Å². The van der Waals surface area contributed by atoms with Crippen LogP contribution < -0.4 is 10.3 Å². The fourth-order valence-corrected chi connectivity index (χ4v) is 2.40. The maximum atomic E-state index is 13.5. The Hall–Kier alpha value is -2.57. The van der Waals surface area contributed by atoms with E-state index in [1.807, 2.05) is 0 Å². The third-order valence-corrected chi connectivity index (χ3v) is 3.41. The molecular formula is C14H9F2NO4. The summed E-state index contributed by atoms with van der Waals surface area (Å²) < 4.78 is 32.8. The van der Waals surface area contributed by atoms with Crippen molar-refractivity contribution in [3.05, 3.63) is 40.2 Å². The van der Waals surface area contributed by atoms with E-state index in [1.54, 1.807) is 25.1 Å². The van der Waals surface area contributed by atoms with Gasteiger partial charge in [0.1, 0.15) is 5.56 Å². The quantitative estimate of drug-likeness (QED) is 0.593. The lowest BCUT2D eigenvalue weighted by atomic mass is 10.00. The minimum atomic E-state index is -4.33. The number of fused-ring (bicyclic) bond motifs is 3. The second-order valence-corrected chi connectivity index (χ2v) is 4.56. The van der Waals surface area contributed by atoms with Gasteiger partial charge in [-0.15, -0.1) is 0 Å². The number of pyridine rings is 1. The highest BCUT2D eigenvalue weighted by molar-refractivity contribution is 6.20. The van der Waals surface area contributed by atoms with Crippen molar-refractivity contribution in [3.63, 3.8) is 0 Å². The minimum absolute atomic E-state index is 0.194. The first-order valence-electron chi connectivity index (χ1n) is 6.20. The molecule has 7 heteroatoms. The van der Waals surface area contributed by atoms with Crippen LogP contribution in [0.1, 0.15) is 17.3 Å². The van der Waals surface area contributed by atoms with E-state index in [0.29, 0.717) is 5.52 Å². The predicted octanol–water partition coefficient (Wildman–Crippen LogP) is 1.76. The summed E-state index contributed by atoms with van der Waals surface area (Å²) in [6.45, 7) is 1.84. The summed E-state index contributed by atoms with van der Waals surface area (Å²) in [7, 11) is 0. The second kappa shape index (κ2) is 4.21. The normalized spacial score (nSPS) is 16.7. The van der Waals surface area contributed by atoms with E-state index in [1.165, 1.54) is 10.6 Å². The molecule has 0 aliphatic carbocycles. The van der Waals surface area contributed by atoms with Crippen molar-refractivity contribution >= 4 is 22.7 Å². The maximum absolute atomic E-state index is 13.5. The summed E-state index contributed by atoms with van der Waals surface area (Å²) in [5.74, 6) is -8.49. The molecule has 0 fully saturated rings. The molecule has 108 valence electrons. The molecule has 0 unspecified atom stereocenters. The Morgan fingerprint density at radius 1 is 1.19 bits per heavy atom. The molecule has 2 aromatic rings. The highest BCUT2D eigenvalue weighted by atomic mass is 19.3. The molecule has 0 spiro atoms. The van der Waals surface area contributed by atoms with E-state index >= 15 is 0 Å². The standard InChI is InChI=1S/C14H9F2NO4/c1-2-17-8-6-4-3-5-7(8)10-9(12(17)19)11(18)14(15,16)13(20)21-10/h3-6H,2H2,1H3. The number of ether oxygens (including phenoxy) is 1. The first-order valence-corrected chi connectivity index (χ1v) is 6.20. The molecular weight excluding hydrogens is 284 g/mol. The van der Waals surface area contributed by atoms with Gasteiger partial charge in [0.15, 0.2) is 5.75 Å². The average Bonchev–Trinajstić information content (AvgIpc) is 2.45. The monoisotopic (exact) mass is 293 g/mol. The molecule has 1 aromatic heterocycles. The number of carbonyl (C=O) groups is 2. The van der Waals surface area contributed by atoms with Gasteiger partial charge in [-0.3, -0.25) is 9.59 Å². The molecule has 21 heavy (non-hydrogen) atoms. The number of rotatable bonds is 1. The van der Waals surface area contributed by atoms with Crippen LogP contribution in [-0.4, -0.2) is 22.2 Å². The van der Waals surface area contributed by atoms with Crippen LogP contribution >= 0.6 is 0 Å². The summed E-state index contributed by atoms with van der Waals surface area (Å²) >= 11 is 0.